The van der Waals surface area contributed by atoms with E-state index in [1.165, 1.54) is 6.20 Å². The topological polar surface area (TPSA) is 176 Å². The highest BCUT2D eigenvalue weighted by atomic mass is 16.7. The first kappa shape index (κ1) is 33.8. The van der Waals surface area contributed by atoms with Crippen molar-refractivity contribution < 1.29 is 24.0 Å². The fourth-order valence-corrected chi connectivity index (χ4v) is 1.77. The zero-order valence-corrected chi connectivity index (χ0v) is 19.5. The van der Waals surface area contributed by atoms with Gasteiger partial charge >= 0.3 is 18.2 Å². The SMILES string of the molecule is C=C.C=CNC(=O)OCC#CCON=O.CCCNC(=O)N1CCNCC1.CCNC(N)=O. The highest BCUT2D eigenvalue weighted by Gasteiger charge is 2.14. The minimum atomic E-state index is -0.640. The van der Waals surface area contributed by atoms with Crippen LogP contribution in [0.3, 0.4) is 0 Å². The van der Waals surface area contributed by atoms with Crippen LogP contribution in [-0.4, -0.2) is 75.5 Å². The molecular formula is C20H37N7O6. The molecule has 0 aliphatic carbocycles. The molecule has 1 saturated heterocycles. The molecule has 0 radical (unpaired) electrons. The summed E-state index contributed by atoms with van der Waals surface area (Å²) < 4.78 is 4.50. The van der Waals surface area contributed by atoms with Crippen LogP contribution < -0.4 is 27.0 Å². The zero-order valence-electron chi connectivity index (χ0n) is 19.5. The average molecular weight is 472 g/mol. The maximum Gasteiger partial charge on any atom is 0.412 e. The Hall–Kier alpha value is -3.79. The molecule has 0 spiro atoms. The minimum absolute atomic E-state index is 0.0815. The number of carbonyl (C=O) groups excluding carboxylic acids is 3. The Morgan fingerprint density at radius 2 is 1.76 bits per heavy atom. The number of amides is 5. The van der Waals surface area contributed by atoms with Gasteiger partial charge in [0.25, 0.3) is 0 Å². The number of ether oxygens (including phenoxy) is 1. The molecule has 1 aliphatic heterocycles. The number of hydrogen-bond acceptors (Lipinski definition) is 8. The van der Waals surface area contributed by atoms with Gasteiger partial charge in [0.15, 0.2) is 18.6 Å². The van der Waals surface area contributed by atoms with E-state index in [1.807, 2.05) is 11.8 Å². The van der Waals surface area contributed by atoms with Crippen molar-refractivity contribution >= 4 is 18.2 Å². The van der Waals surface area contributed by atoms with Crippen LogP contribution in [0.1, 0.15) is 20.3 Å². The van der Waals surface area contributed by atoms with Crippen LogP contribution in [0.5, 0.6) is 0 Å². The molecule has 1 aliphatic rings. The number of nitrogens with two attached hydrogens (primary N) is 1. The lowest BCUT2D eigenvalue weighted by atomic mass is 10.4. The Labute approximate surface area is 195 Å². The number of rotatable bonds is 7. The Morgan fingerprint density at radius 3 is 2.21 bits per heavy atom. The van der Waals surface area contributed by atoms with Crippen LogP contribution in [0, 0.1) is 16.7 Å². The predicted octanol–water partition coefficient (Wildman–Crippen LogP) is 1.05. The van der Waals surface area contributed by atoms with Gasteiger partial charge in [-0.2, -0.15) is 0 Å². The molecule has 0 saturated carbocycles. The van der Waals surface area contributed by atoms with Crippen LogP contribution in [0.15, 0.2) is 31.3 Å². The van der Waals surface area contributed by atoms with Crippen LogP contribution in [0.4, 0.5) is 14.4 Å². The second kappa shape index (κ2) is 28.2. The molecule has 0 unspecified atom stereocenters. The normalized spacial score (nSPS) is 10.8. The van der Waals surface area contributed by atoms with Gasteiger partial charge in [-0.05, 0) is 19.5 Å². The molecule has 0 aromatic rings. The van der Waals surface area contributed by atoms with Gasteiger partial charge in [-0.15, -0.1) is 18.1 Å². The molecule has 0 bridgehead atoms. The third kappa shape index (κ3) is 28.2. The first-order valence-electron chi connectivity index (χ1n) is 10.1. The molecule has 0 aromatic heterocycles. The molecule has 0 atom stereocenters. The summed E-state index contributed by atoms with van der Waals surface area (Å²) in [4.78, 5) is 46.9. The summed E-state index contributed by atoms with van der Waals surface area (Å²) in [5.74, 6) is 4.81. The van der Waals surface area contributed by atoms with E-state index in [4.69, 9.17) is 0 Å². The number of urea groups is 2. The third-order valence-corrected chi connectivity index (χ3v) is 3.09. The maximum absolute atomic E-state index is 11.3. The summed E-state index contributed by atoms with van der Waals surface area (Å²) in [6.45, 7) is 17.8. The van der Waals surface area contributed by atoms with E-state index >= 15 is 0 Å². The summed E-state index contributed by atoms with van der Waals surface area (Å²) in [6, 6.07) is -0.379. The molecular weight excluding hydrogens is 434 g/mol. The molecule has 6 N–H and O–H groups in total. The first-order valence-corrected chi connectivity index (χ1v) is 10.1. The highest BCUT2D eigenvalue weighted by Crippen LogP contribution is 1.92. The number of piperazine rings is 1. The van der Waals surface area contributed by atoms with Gasteiger partial charge in [0.05, 0.1) is 0 Å². The Bertz CT molecular complexity index is 601. The second-order valence-electron chi connectivity index (χ2n) is 5.49. The third-order valence-electron chi connectivity index (χ3n) is 3.09. The molecule has 1 heterocycles. The number of hydrogen-bond donors (Lipinski definition) is 5. The van der Waals surface area contributed by atoms with Crippen molar-refractivity contribution in [3.05, 3.63) is 30.8 Å². The van der Waals surface area contributed by atoms with Crippen molar-refractivity contribution in [1.29, 1.82) is 0 Å². The van der Waals surface area contributed by atoms with Crippen molar-refractivity contribution in [2.24, 2.45) is 11.1 Å². The van der Waals surface area contributed by atoms with Crippen molar-refractivity contribution in [1.82, 2.24) is 26.2 Å². The Morgan fingerprint density at radius 1 is 1.15 bits per heavy atom. The van der Waals surface area contributed by atoms with E-state index in [0.29, 0.717) is 6.54 Å². The molecule has 1 rings (SSSR count). The fourth-order valence-electron chi connectivity index (χ4n) is 1.77. The largest absolute Gasteiger partial charge is 0.436 e. The monoisotopic (exact) mass is 471 g/mol. The Kier molecular flexibility index (Phi) is 28.9. The lowest BCUT2D eigenvalue weighted by Crippen LogP contribution is -2.50. The van der Waals surface area contributed by atoms with Gasteiger partial charge in [0.1, 0.15) is 0 Å². The maximum atomic E-state index is 11.3. The van der Waals surface area contributed by atoms with Crippen molar-refractivity contribution in [2.75, 3.05) is 52.5 Å². The summed E-state index contributed by atoms with van der Waals surface area (Å²) in [6.07, 6.45) is 1.55. The van der Waals surface area contributed by atoms with E-state index in [9.17, 15) is 19.3 Å². The summed E-state index contributed by atoms with van der Waals surface area (Å²) in [5, 5.41) is 12.7. The van der Waals surface area contributed by atoms with Crippen molar-refractivity contribution in [3.63, 3.8) is 0 Å². The number of primary amides is 1. The van der Waals surface area contributed by atoms with Gasteiger partial charge in [0, 0.05) is 39.3 Å². The molecule has 0 aromatic carbocycles. The molecule has 188 valence electrons. The average Bonchev–Trinajstić information content (AvgIpc) is 2.82. The van der Waals surface area contributed by atoms with E-state index in [0.717, 1.165) is 39.1 Å². The number of nitrogens with zero attached hydrogens (tertiary/aromatic N) is 2. The summed E-state index contributed by atoms with van der Waals surface area (Å²) >= 11 is 0. The van der Waals surface area contributed by atoms with E-state index in [2.05, 4.69) is 80.4 Å². The standard InChI is InChI=1S/C8H17N3O.C7H8N2O4.C3H8N2O.C2H4/c1-2-3-10-8(12)11-6-4-9-5-7-11;1-2-8-7(10)12-5-3-4-6-13-9-11;1-2-5-3(4)6;1-2/h9H,2-7H2,1H3,(H,10,12);2H,1,5-6H2,(H,8,10);2H2,1H3,(H3,4,5,6);1-2H2. The predicted molar refractivity (Wildman–Crippen MR) is 127 cm³/mol. The van der Waals surface area contributed by atoms with Gasteiger partial charge < -0.3 is 36.2 Å². The molecule has 33 heavy (non-hydrogen) atoms. The molecule has 5 amide bonds. The summed E-state index contributed by atoms with van der Waals surface area (Å²) in [7, 11) is 0. The first-order chi connectivity index (χ1) is 15.9. The molecule has 13 heteroatoms. The fraction of sp³-hybridized carbons (Fsp3) is 0.550. The quantitative estimate of drug-likeness (QED) is 0.121. The van der Waals surface area contributed by atoms with Crippen molar-refractivity contribution in [3.8, 4) is 11.8 Å². The lowest BCUT2D eigenvalue weighted by Gasteiger charge is -2.27. The van der Waals surface area contributed by atoms with Gasteiger partial charge in [-0.25, -0.2) is 14.4 Å². The molecule has 13 nitrogen and oxygen atoms in total. The second-order valence-corrected chi connectivity index (χ2v) is 5.49. The van der Waals surface area contributed by atoms with Crippen LogP contribution >= 0.6 is 0 Å². The smallest absolute Gasteiger partial charge is 0.412 e. The van der Waals surface area contributed by atoms with Crippen LogP contribution in [0.2, 0.25) is 0 Å². The number of nitrogens with one attached hydrogen (secondary N) is 4. The lowest BCUT2D eigenvalue weighted by molar-refractivity contribution is 0.163. The van der Waals surface area contributed by atoms with Gasteiger partial charge in [-0.1, -0.05) is 25.3 Å². The zero-order chi connectivity index (χ0) is 25.7. The Balaban J connectivity index is -0.000000417. The minimum Gasteiger partial charge on any atom is -0.436 e. The highest BCUT2D eigenvalue weighted by molar-refractivity contribution is 5.74. The van der Waals surface area contributed by atoms with Crippen LogP contribution in [0.25, 0.3) is 0 Å². The van der Waals surface area contributed by atoms with Crippen LogP contribution in [-0.2, 0) is 9.57 Å². The van der Waals surface area contributed by atoms with E-state index in [-0.39, 0.29) is 19.2 Å². The van der Waals surface area contributed by atoms with Gasteiger partial charge in [-0.3, -0.25) is 5.32 Å². The van der Waals surface area contributed by atoms with E-state index in [1.54, 1.807) is 0 Å². The summed E-state index contributed by atoms with van der Waals surface area (Å²) in [5.41, 5.74) is 4.65. The van der Waals surface area contributed by atoms with E-state index < -0.39 is 12.1 Å². The van der Waals surface area contributed by atoms with Gasteiger partial charge in [0.2, 0.25) is 0 Å². The van der Waals surface area contributed by atoms with Crippen molar-refractivity contribution in [2.45, 2.75) is 20.3 Å². The number of alkyl carbamates (subject to hydrolysis) is 1. The number of carbonyl (C=O) groups is 3. The molecule has 1 fully saturated rings.